The van der Waals surface area contributed by atoms with Gasteiger partial charge in [0.15, 0.2) is 0 Å². The van der Waals surface area contributed by atoms with Crippen LogP contribution in [-0.4, -0.2) is 5.91 Å². The van der Waals surface area contributed by atoms with E-state index in [2.05, 4.69) is 5.43 Å². The molecular weight excluding hydrogens is 248 g/mol. The van der Waals surface area contributed by atoms with Crippen LogP contribution in [0.25, 0.3) is 0 Å². The number of carbonyl (C=O) groups is 1. The molecule has 2 rings (SSSR count). The SMILES string of the molecule is NNC(=O)c1ccc(CSCc2ccco2)cc1. The molecule has 3 N–H and O–H groups in total. The van der Waals surface area contributed by atoms with Gasteiger partial charge in [0.1, 0.15) is 5.76 Å². The third kappa shape index (κ3) is 3.38. The fraction of sp³-hybridized carbons (Fsp3) is 0.154. The summed E-state index contributed by atoms with van der Waals surface area (Å²) >= 11 is 1.77. The Bertz CT molecular complexity index is 494. The first-order valence-electron chi connectivity index (χ1n) is 5.49. The van der Waals surface area contributed by atoms with Gasteiger partial charge in [-0.15, -0.1) is 11.8 Å². The van der Waals surface area contributed by atoms with Gasteiger partial charge in [0.25, 0.3) is 5.91 Å². The number of nitrogen functional groups attached to an aromatic ring is 1. The van der Waals surface area contributed by atoms with Crippen LogP contribution < -0.4 is 11.3 Å². The number of thioether (sulfide) groups is 1. The zero-order valence-electron chi connectivity index (χ0n) is 9.76. The topological polar surface area (TPSA) is 68.3 Å². The number of hydrogen-bond donors (Lipinski definition) is 2. The number of hydrazine groups is 1. The fourth-order valence-electron chi connectivity index (χ4n) is 1.50. The molecule has 94 valence electrons. The molecule has 0 saturated carbocycles. The van der Waals surface area contributed by atoms with Crippen LogP contribution >= 0.6 is 11.8 Å². The summed E-state index contributed by atoms with van der Waals surface area (Å²) in [6.07, 6.45) is 1.68. The molecule has 0 fully saturated rings. The number of amides is 1. The molecule has 0 atom stereocenters. The van der Waals surface area contributed by atoms with Crippen LogP contribution in [0.4, 0.5) is 0 Å². The second kappa shape index (κ2) is 6.28. The highest BCUT2D eigenvalue weighted by Crippen LogP contribution is 2.18. The first-order valence-corrected chi connectivity index (χ1v) is 6.65. The van der Waals surface area contributed by atoms with E-state index in [9.17, 15) is 4.79 Å². The summed E-state index contributed by atoms with van der Waals surface area (Å²) in [6.45, 7) is 0. The largest absolute Gasteiger partial charge is 0.468 e. The lowest BCUT2D eigenvalue weighted by Gasteiger charge is -2.03. The number of rotatable bonds is 5. The first-order chi connectivity index (χ1) is 8.79. The fourth-order valence-corrected chi connectivity index (χ4v) is 2.40. The summed E-state index contributed by atoms with van der Waals surface area (Å²) in [5.74, 6) is 7.49. The van der Waals surface area contributed by atoms with Gasteiger partial charge in [-0.25, -0.2) is 5.84 Å². The van der Waals surface area contributed by atoms with Gasteiger partial charge in [-0.2, -0.15) is 0 Å². The third-order valence-electron chi connectivity index (χ3n) is 2.44. The van der Waals surface area contributed by atoms with Crippen molar-refractivity contribution in [1.82, 2.24) is 5.43 Å². The number of nitrogens with two attached hydrogens (primary N) is 1. The summed E-state index contributed by atoms with van der Waals surface area (Å²) in [7, 11) is 0. The Morgan fingerprint density at radius 1 is 1.22 bits per heavy atom. The van der Waals surface area contributed by atoms with E-state index in [1.165, 1.54) is 5.56 Å². The van der Waals surface area contributed by atoms with Crippen molar-refractivity contribution in [3.63, 3.8) is 0 Å². The highest BCUT2D eigenvalue weighted by atomic mass is 32.2. The maximum absolute atomic E-state index is 11.2. The van der Waals surface area contributed by atoms with E-state index < -0.39 is 0 Å². The van der Waals surface area contributed by atoms with Crippen LogP contribution in [0.2, 0.25) is 0 Å². The second-order valence-corrected chi connectivity index (χ2v) is 4.73. The van der Waals surface area contributed by atoms with Gasteiger partial charge < -0.3 is 4.42 Å². The van der Waals surface area contributed by atoms with E-state index in [-0.39, 0.29) is 5.91 Å². The van der Waals surface area contributed by atoms with Gasteiger partial charge in [0.05, 0.1) is 12.0 Å². The average molecular weight is 262 g/mol. The van der Waals surface area contributed by atoms with E-state index in [1.807, 2.05) is 24.3 Å². The molecule has 1 aromatic heterocycles. The number of nitrogens with one attached hydrogen (secondary N) is 1. The minimum Gasteiger partial charge on any atom is -0.468 e. The average Bonchev–Trinajstić information content (AvgIpc) is 2.92. The lowest BCUT2D eigenvalue weighted by atomic mass is 10.1. The van der Waals surface area contributed by atoms with Crippen LogP contribution in [0.1, 0.15) is 21.7 Å². The molecule has 0 radical (unpaired) electrons. The van der Waals surface area contributed by atoms with Crippen molar-refractivity contribution in [2.75, 3.05) is 0 Å². The second-order valence-electron chi connectivity index (χ2n) is 3.74. The van der Waals surface area contributed by atoms with Crippen LogP contribution in [0, 0.1) is 0 Å². The quantitative estimate of drug-likeness (QED) is 0.493. The van der Waals surface area contributed by atoms with Crippen LogP contribution in [0.15, 0.2) is 47.1 Å². The number of benzene rings is 1. The molecule has 0 saturated heterocycles. The summed E-state index contributed by atoms with van der Waals surface area (Å²) in [6, 6.07) is 11.2. The van der Waals surface area contributed by atoms with Crippen molar-refractivity contribution in [2.24, 2.45) is 5.84 Å². The maximum atomic E-state index is 11.2. The molecule has 5 heteroatoms. The Hall–Kier alpha value is -1.72. The summed E-state index contributed by atoms with van der Waals surface area (Å²) in [5, 5.41) is 0. The first kappa shape index (κ1) is 12.7. The molecule has 4 nitrogen and oxygen atoms in total. The van der Waals surface area contributed by atoms with Crippen molar-refractivity contribution < 1.29 is 9.21 Å². The Labute approximate surface area is 110 Å². The number of hydrogen-bond acceptors (Lipinski definition) is 4. The molecule has 18 heavy (non-hydrogen) atoms. The normalized spacial score (nSPS) is 10.3. The zero-order chi connectivity index (χ0) is 12.8. The molecular formula is C13H14N2O2S. The molecule has 0 aliphatic carbocycles. The van der Waals surface area contributed by atoms with Crippen molar-refractivity contribution in [3.05, 3.63) is 59.5 Å². The minimum atomic E-state index is -0.273. The molecule has 2 aromatic rings. The Morgan fingerprint density at radius 2 is 2.00 bits per heavy atom. The number of furan rings is 1. The van der Waals surface area contributed by atoms with E-state index in [0.717, 1.165) is 17.3 Å². The Kier molecular flexibility index (Phi) is 4.44. The van der Waals surface area contributed by atoms with Crippen molar-refractivity contribution >= 4 is 17.7 Å². The predicted octanol–water partition coefficient (Wildman–Crippen LogP) is 2.32. The van der Waals surface area contributed by atoms with Crippen molar-refractivity contribution in [3.8, 4) is 0 Å². The van der Waals surface area contributed by atoms with Gasteiger partial charge in [-0.3, -0.25) is 10.2 Å². The van der Waals surface area contributed by atoms with Crippen LogP contribution in [0.5, 0.6) is 0 Å². The molecule has 0 spiro atoms. The van der Waals surface area contributed by atoms with Crippen molar-refractivity contribution in [1.29, 1.82) is 0 Å². The summed E-state index contributed by atoms with van der Waals surface area (Å²) in [5.41, 5.74) is 3.84. The standard InChI is InChI=1S/C13H14N2O2S/c14-15-13(16)11-5-3-10(4-6-11)8-18-9-12-2-1-7-17-12/h1-7H,8-9,14H2,(H,15,16). The van der Waals surface area contributed by atoms with Crippen molar-refractivity contribution in [2.45, 2.75) is 11.5 Å². The molecule has 0 bridgehead atoms. The smallest absolute Gasteiger partial charge is 0.265 e. The van der Waals surface area contributed by atoms with E-state index >= 15 is 0 Å². The third-order valence-corrected chi connectivity index (χ3v) is 3.47. The van der Waals surface area contributed by atoms with Crippen LogP contribution in [-0.2, 0) is 11.5 Å². The number of carbonyl (C=O) groups excluding carboxylic acids is 1. The van der Waals surface area contributed by atoms with E-state index in [4.69, 9.17) is 10.3 Å². The maximum Gasteiger partial charge on any atom is 0.265 e. The van der Waals surface area contributed by atoms with Gasteiger partial charge in [-0.1, -0.05) is 12.1 Å². The van der Waals surface area contributed by atoms with Gasteiger partial charge >= 0.3 is 0 Å². The molecule has 0 unspecified atom stereocenters. The summed E-state index contributed by atoms with van der Waals surface area (Å²) < 4.78 is 5.25. The molecule has 1 amide bonds. The molecule has 1 heterocycles. The molecule has 1 aromatic carbocycles. The minimum absolute atomic E-state index is 0.273. The van der Waals surface area contributed by atoms with Gasteiger partial charge in [0, 0.05) is 11.3 Å². The molecule has 0 aliphatic rings. The van der Waals surface area contributed by atoms with Gasteiger partial charge in [-0.05, 0) is 29.8 Å². The van der Waals surface area contributed by atoms with E-state index in [1.54, 1.807) is 30.2 Å². The summed E-state index contributed by atoms with van der Waals surface area (Å²) in [4.78, 5) is 11.2. The predicted molar refractivity (Wildman–Crippen MR) is 71.8 cm³/mol. The Morgan fingerprint density at radius 3 is 2.61 bits per heavy atom. The monoisotopic (exact) mass is 262 g/mol. The van der Waals surface area contributed by atoms with Crippen LogP contribution in [0.3, 0.4) is 0 Å². The zero-order valence-corrected chi connectivity index (χ0v) is 10.6. The molecule has 0 aliphatic heterocycles. The van der Waals surface area contributed by atoms with Gasteiger partial charge in [0.2, 0.25) is 0 Å². The highest BCUT2D eigenvalue weighted by molar-refractivity contribution is 7.97. The lowest BCUT2D eigenvalue weighted by molar-refractivity contribution is 0.0953. The van der Waals surface area contributed by atoms with E-state index in [0.29, 0.717) is 5.56 Å². The highest BCUT2D eigenvalue weighted by Gasteiger charge is 2.03. The Balaban J connectivity index is 1.85. The lowest BCUT2D eigenvalue weighted by Crippen LogP contribution is -2.29.